The molecule has 0 bridgehead atoms. The van der Waals surface area contributed by atoms with Crippen molar-refractivity contribution in [3.05, 3.63) is 24.3 Å². The molecule has 0 radical (unpaired) electrons. The summed E-state index contributed by atoms with van der Waals surface area (Å²) in [5.74, 6) is 1.39. The molecule has 0 saturated carbocycles. The van der Waals surface area contributed by atoms with Crippen molar-refractivity contribution in [1.29, 1.82) is 0 Å². The van der Waals surface area contributed by atoms with Gasteiger partial charge in [-0.1, -0.05) is 13.8 Å². The maximum Gasteiger partial charge on any atom is 0.239 e. The second-order valence-electron chi connectivity index (χ2n) is 6.25. The molecule has 0 unspecified atom stereocenters. The van der Waals surface area contributed by atoms with Crippen LogP contribution in [0, 0.1) is 5.92 Å². The van der Waals surface area contributed by atoms with E-state index in [-0.39, 0.29) is 11.9 Å². The number of benzene rings is 1. The first kappa shape index (κ1) is 16.6. The number of hydrogen-bond acceptors (Lipinski definition) is 4. The summed E-state index contributed by atoms with van der Waals surface area (Å²) < 4.78 is 5.18. The standard InChI is InChI=1S/C17H27N3O2/c1-13(2)12-16(18)17(21)20-10-8-19(9-11-20)14-4-6-15(22-3)7-5-14/h4-7,13,16H,8-12,18H2,1-3H3/t16-/m0/s1. The first-order chi connectivity index (χ1) is 10.5. The predicted molar refractivity (Wildman–Crippen MR) is 89.2 cm³/mol. The Morgan fingerprint density at radius 1 is 1.18 bits per heavy atom. The summed E-state index contributed by atoms with van der Waals surface area (Å²) in [4.78, 5) is 16.5. The number of hydrogen-bond donors (Lipinski definition) is 1. The molecule has 5 heteroatoms. The van der Waals surface area contributed by atoms with Crippen LogP contribution in [-0.4, -0.2) is 50.1 Å². The number of ether oxygens (including phenoxy) is 1. The molecule has 0 aromatic heterocycles. The Morgan fingerprint density at radius 3 is 2.27 bits per heavy atom. The van der Waals surface area contributed by atoms with Crippen molar-refractivity contribution in [2.75, 3.05) is 38.2 Å². The highest BCUT2D eigenvalue weighted by atomic mass is 16.5. The van der Waals surface area contributed by atoms with Gasteiger partial charge in [0, 0.05) is 31.9 Å². The fraction of sp³-hybridized carbons (Fsp3) is 0.588. The average molecular weight is 305 g/mol. The van der Waals surface area contributed by atoms with Gasteiger partial charge in [-0.25, -0.2) is 0 Å². The molecule has 2 rings (SSSR count). The highest BCUT2D eigenvalue weighted by Crippen LogP contribution is 2.20. The van der Waals surface area contributed by atoms with E-state index in [4.69, 9.17) is 10.5 Å². The minimum atomic E-state index is -0.368. The van der Waals surface area contributed by atoms with E-state index in [1.807, 2.05) is 17.0 Å². The van der Waals surface area contributed by atoms with Crippen LogP contribution in [0.5, 0.6) is 5.75 Å². The van der Waals surface area contributed by atoms with Crippen LogP contribution in [0.2, 0.25) is 0 Å². The second kappa shape index (κ2) is 7.49. The van der Waals surface area contributed by atoms with E-state index in [9.17, 15) is 4.79 Å². The van der Waals surface area contributed by atoms with Crippen LogP contribution >= 0.6 is 0 Å². The van der Waals surface area contributed by atoms with E-state index >= 15 is 0 Å². The minimum absolute atomic E-state index is 0.0862. The quantitative estimate of drug-likeness (QED) is 0.900. The Bertz CT molecular complexity index is 479. The highest BCUT2D eigenvalue weighted by Gasteiger charge is 2.25. The Labute approximate surface area is 133 Å². The molecule has 1 aliphatic rings. The zero-order valence-electron chi connectivity index (χ0n) is 13.8. The van der Waals surface area contributed by atoms with Crippen molar-refractivity contribution in [1.82, 2.24) is 4.90 Å². The number of anilines is 1. The fourth-order valence-electron chi connectivity index (χ4n) is 2.82. The molecule has 2 N–H and O–H groups in total. The molecule has 1 saturated heterocycles. The van der Waals surface area contributed by atoms with E-state index in [2.05, 4.69) is 30.9 Å². The van der Waals surface area contributed by atoms with Gasteiger partial charge in [-0.2, -0.15) is 0 Å². The number of amides is 1. The normalized spacial score (nSPS) is 16.8. The van der Waals surface area contributed by atoms with E-state index in [0.717, 1.165) is 38.3 Å². The Kier molecular flexibility index (Phi) is 5.66. The zero-order chi connectivity index (χ0) is 16.1. The van der Waals surface area contributed by atoms with Gasteiger partial charge in [0.1, 0.15) is 5.75 Å². The van der Waals surface area contributed by atoms with Gasteiger partial charge >= 0.3 is 0 Å². The second-order valence-corrected chi connectivity index (χ2v) is 6.25. The summed E-state index contributed by atoms with van der Waals surface area (Å²) >= 11 is 0. The van der Waals surface area contributed by atoms with Crippen molar-refractivity contribution >= 4 is 11.6 Å². The van der Waals surface area contributed by atoms with Gasteiger partial charge in [-0.05, 0) is 36.6 Å². The number of rotatable bonds is 5. The number of nitrogens with two attached hydrogens (primary N) is 1. The average Bonchev–Trinajstić information content (AvgIpc) is 2.54. The van der Waals surface area contributed by atoms with Gasteiger partial charge in [-0.15, -0.1) is 0 Å². The van der Waals surface area contributed by atoms with Crippen LogP contribution < -0.4 is 15.4 Å². The SMILES string of the molecule is COc1ccc(N2CCN(C(=O)[C@@H](N)CC(C)C)CC2)cc1. The summed E-state index contributed by atoms with van der Waals surface area (Å²) in [6, 6.07) is 7.67. The molecule has 1 amide bonds. The smallest absolute Gasteiger partial charge is 0.239 e. The van der Waals surface area contributed by atoms with E-state index < -0.39 is 0 Å². The lowest BCUT2D eigenvalue weighted by molar-refractivity contribution is -0.133. The van der Waals surface area contributed by atoms with E-state index in [1.54, 1.807) is 7.11 Å². The predicted octanol–water partition coefficient (Wildman–Crippen LogP) is 1.72. The zero-order valence-corrected chi connectivity index (χ0v) is 13.8. The van der Waals surface area contributed by atoms with Gasteiger partial charge in [-0.3, -0.25) is 4.79 Å². The van der Waals surface area contributed by atoms with E-state index in [0.29, 0.717) is 5.92 Å². The first-order valence-electron chi connectivity index (χ1n) is 7.94. The van der Waals surface area contributed by atoms with Crippen LogP contribution in [0.25, 0.3) is 0 Å². The molecular weight excluding hydrogens is 278 g/mol. The lowest BCUT2D eigenvalue weighted by Gasteiger charge is -2.37. The topological polar surface area (TPSA) is 58.8 Å². The third-order valence-corrected chi connectivity index (χ3v) is 4.07. The maximum absolute atomic E-state index is 12.3. The van der Waals surface area contributed by atoms with Crippen LogP contribution in [0.1, 0.15) is 20.3 Å². The molecule has 1 aliphatic heterocycles. The molecule has 1 aromatic carbocycles. The Morgan fingerprint density at radius 2 is 1.77 bits per heavy atom. The molecule has 0 aliphatic carbocycles. The molecule has 122 valence electrons. The lowest BCUT2D eigenvalue weighted by atomic mass is 10.0. The molecule has 1 atom stereocenters. The summed E-state index contributed by atoms with van der Waals surface area (Å²) in [7, 11) is 1.67. The Hall–Kier alpha value is -1.75. The van der Waals surface area contributed by atoms with Crippen molar-refractivity contribution in [3.8, 4) is 5.75 Å². The molecule has 22 heavy (non-hydrogen) atoms. The fourth-order valence-corrected chi connectivity index (χ4v) is 2.82. The summed E-state index contributed by atoms with van der Waals surface area (Å²) in [5.41, 5.74) is 7.17. The molecule has 1 fully saturated rings. The number of carbonyl (C=O) groups excluding carboxylic acids is 1. The lowest BCUT2D eigenvalue weighted by Crippen LogP contribution is -2.53. The van der Waals surface area contributed by atoms with Crippen molar-refractivity contribution in [2.45, 2.75) is 26.3 Å². The Balaban J connectivity index is 1.88. The summed E-state index contributed by atoms with van der Waals surface area (Å²) in [5, 5.41) is 0. The molecule has 1 aromatic rings. The van der Waals surface area contributed by atoms with Gasteiger partial charge in [0.2, 0.25) is 5.91 Å². The number of methoxy groups -OCH3 is 1. The summed E-state index contributed by atoms with van der Waals surface area (Å²) in [6.07, 6.45) is 0.748. The molecule has 0 spiro atoms. The third kappa shape index (κ3) is 4.13. The molecule has 5 nitrogen and oxygen atoms in total. The van der Waals surface area contributed by atoms with Gasteiger partial charge in [0.05, 0.1) is 13.2 Å². The monoisotopic (exact) mass is 305 g/mol. The number of piperazine rings is 1. The number of carbonyl (C=O) groups is 1. The molecular formula is C17H27N3O2. The third-order valence-electron chi connectivity index (χ3n) is 4.07. The van der Waals surface area contributed by atoms with Gasteiger partial charge < -0.3 is 20.3 Å². The molecule has 1 heterocycles. The first-order valence-corrected chi connectivity index (χ1v) is 7.94. The largest absolute Gasteiger partial charge is 0.497 e. The maximum atomic E-state index is 12.3. The van der Waals surface area contributed by atoms with E-state index in [1.165, 1.54) is 5.69 Å². The minimum Gasteiger partial charge on any atom is -0.497 e. The van der Waals surface area contributed by atoms with Crippen LogP contribution in [0.4, 0.5) is 5.69 Å². The van der Waals surface area contributed by atoms with Crippen molar-refractivity contribution in [3.63, 3.8) is 0 Å². The van der Waals surface area contributed by atoms with Crippen molar-refractivity contribution < 1.29 is 9.53 Å². The van der Waals surface area contributed by atoms with Gasteiger partial charge in [0.25, 0.3) is 0 Å². The van der Waals surface area contributed by atoms with Crippen LogP contribution in [-0.2, 0) is 4.79 Å². The highest BCUT2D eigenvalue weighted by molar-refractivity contribution is 5.82. The van der Waals surface area contributed by atoms with Crippen LogP contribution in [0.3, 0.4) is 0 Å². The van der Waals surface area contributed by atoms with Gasteiger partial charge in [0.15, 0.2) is 0 Å². The number of nitrogens with zero attached hydrogens (tertiary/aromatic N) is 2. The van der Waals surface area contributed by atoms with Crippen LogP contribution in [0.15, 0.2) is 24.3 Å². The summed E-state index contributed by atoms with van der Waals surface area (Å²) in [6.45, 7) is 7.33. The van der Waals surface area contributed by atoms with Crippen molar-refractivity contribution in [2.24, 2.45) is 11.7 Å².